The van der Waals surface area contributed by atoms with E-state index in [1.165, 1.54) is 18.2 Å². The SMILES string of the molecule is O=C1CC(c2nc(-c3ccc(Cl)cc3)no2)CN1c1ccc(F)c(Cl)c1. The molecule has 0 saturated carbocycles. The Kier molecular flexibility index (Phi) is 4.38. The predicted molar refractivity (Wildman–Crippen MR) is 95.9 cm³/mol. The van der Waals surface area contributed by atoms with Gasteiger partial charge in [-0.25, -0.2) is 4.39 Å². The van der Waals surface area contributed by atoms with Crippen molar-refractivity contribution in [2.45, 2.75) is 12.3 Å². The molecule has 0 radical (unpaired) electrons. The molecule has 1 aliphatic rings. The van der Waals surface area contributed by atoms with E-state index in [-0.39, 0.29) is 23.3 Å². The van der Waals surface area contributed by atoms with E-state index < -0.39 is 5.82 Å². The van der Waals surface area contributed by atoms with Gasteiger partial charge in [0, 0.05) is 29.2 Å². The van der Waals surface area contributed by atoms with Crippen LogP contribution < -0.4 is 4.90 Å². The highest BCUT2D eigenvalue weighted by Gasteiger charge is 2.35. The van der Waals surface area contributed by atoms with Crippen LogP contribution in [0.1, 0.15) is 18.2 Å². The summed E-state index contributed by atoms with van der Waals surface area (Å²) in [6.45, 7) is 0.364. The lowest BCUT2D eigenvalue weighted by Gasteiger charge is -2.16. The largest absolute Gasteiger partial charge is 0.339 e. The minimum atomic E-state index is -0.525. The fourth-order valence-electron chi connectivity index (χ4n) is 2.89. The third-order valence-corrected chi connectivity index (χ3v) is 4.77. The molecule has 1 unspecified atom stereocenters. The van der Waals surface area contributed by atoms with Crippen molar-refractivity contribution >= 4 is 34.8 Å². The normalized spacial score (nSPS) is 17.1. The van der Waals surface area contributed by atoms with Gasteiger partial charge in [0.2, 0.25) is 17.6 Å². The second-order valence-electron chi connectivity index (χ2n) is 5.97. The number of hydrogen-bond acceptors (Lipinski definition) is 4. The van der Waals surface area contributed by atoms with Crippen molar-refractivity contribution in [1.29, 1.82) is 0 Å². The first-order valence-corrected chi connectivity index (χ1v) is 8.62. The van der Waals surface area contributed by atoms with Gasteiger partial charge in [-0.05, 0) is 42.5 Å². The maximum absolute atomic E-state index is 13.3. The van der Waals surface area contributed by atoms with Gasteiger partial charge in [-0.2, -0.15) is 4.98 Å². The second kappa shape index (κ2) is 6.70. The van der Waals surface area contributed by atoms with E-state index in [1.54, 1.807) is 29.2 Å². The van der Waals surface area contributed by atoms with Gasteiger partial charge in [0.1, 0.15) is 5.82 Å². The van der Waals surface area contributed by atoms with Crippen LogP contribution in [0.3, 0.4) is 0 Å². The summed E-state index contributed by atoms with van der Waals surface area (Å²) < 4.78 is 18.7. The molecule has 1 fully saturated rings. The summed E-state index contributed by atoms with van der Waals surface area (Å²) in [4.78, 5) is 18.3. The zero-order valence-electron chi connectivity index (χ0n) is 13.3. The van der Waals surface area contributed by atoms with Gasteiger partial charge in [0.25, 0.3) is 0 Å². The number of amides is 1. The van der Waals surface area contributed by atoms with E-state index >= 15 is 0 Å². The highest BCUT2D eigenvalue weighted by Crippen LogP contribution is 2.33. The fourth-order valence-corrected chi connectivity index (χ4v) is 3.19. The first-order chi connectivity index (χ1) is 12.5. The maximum Gasteiger partial charge on any atom is 0.232 e. The molecule has 8 heteroatoms. The van der Waals surface area contributed by atoms with Crippen molar-refractivity contribution in [2.75, 3.05) is 11.4 Å². The van der Waals surface area contributed by atoms with Gasteiger partial charge in [0.05, 0.1) is 10.9 Å². The van der Waals surface area contributed by atoms with Crippen LogP contribution in [-0.2, 0) is 4.79 Å². The number of aromatic nitrogens is 2. The van der Waals surface area contributed by atoms with Gasteiger partial charge < -0.3 is 9.42 Å². The Morgan fingerprint density at radius 1 is 1.15 bits per heavy atom. The van der Waals surface area contributed by atoms with Crippen LogP contribution in [0.5, 0.6) is 0 Å². The van der Waals surface area contributed by atoms with Crippen molar-refractivity contribution in [3.05, 3.63) is 64.2 Å². The van der Waals surface area contributed by atoms with E-state index in [0.717, 1.165) is 5.56 Å². The molecule has 2 aromatic carbocycles. The molecule has 26 heavy (non-hydrogen) atoms. The summed E-state index contributed by atoms with van der Waals surface area (Å²) in [5.41, 5.74) is 1.32. The van der Waals surface area contributed by atoms with Gasteiger partial charge in [0.15, 0.2) is 0 Å². The van der Waals surface area contributed by atoms with Crippen molar-refractivity contribution in [1.82, 2.24) is 10.1 Å². The lowest BCUT2D eigenvalue weighted by Crippen LogP contribution is -2.24. The monoisotopic (exact) mass is 391 g/mol. The number of anilines is 1. The Morgan fingerprint density at radius 3 is 2.65 bits per heavy atom. The molecule has 1 aromatic heterocycles. The molecule has 1 atom stereocenters. The van der Waals surface area contributed by atoms with Gasteiger partial charge in [-0.3, -0.25) is 4.79 Å². The van der Waals surface area contributed by atoms with Gasteiger partial charge >= 0.3 is 0 Å². The van der Waals surface area contributed by atoms with E-state index in [4.69, 9.17) is 27.7 Å². The number of nitrogens with zero attached hydrogens (tertiary/aromatic N) is 3. The van der Waals surface area contributed by atoms with E-state index in [1.807, 2.05) is 0 Å². The molecule has 1 amide bonds. The maximum atomic E-state index is 13.3. The fraction of sp³-hybridized carbons (Fsp3) is 0.167. The number of carbonyl (C=O) groups excluding carboxylic acids is 1. The molecule has 1 saturated heterocycles. The molecule has 0 spiro atoms. The Bertz CT molecular complexity index is 975. The first-order valence-electron chi connectivity index (χ1n) is 7.86. The molecule has 132 valence electrons. The number of benzene rings is 2. The first kappa shape index (κ1) is 17.0. The van der Waals surface area contributed by atoms with Crippen molar-refractivity contribution in [3.8, 4) is 11.4 Å². The van der Waals surface area contributed by atoms with E-state index in [0.29, 0.717) is 29.0 Å². The van der Waals surface area contributed by atoms with Crippen molar-refractivity contribution in [3.63, 3.8) is 0 Å². The van der Waals surface area contributed by atoms with Crippen LogP contribution in [0.15, 0.2) is 47.0 Å². The van der Waals surface area contributed by atoms with Crippen LogP contribution in [0, 0.1) is 5.82 Å². The summed E-state index contributed by atoms with van der Waals surface area (Å²) in [6, 6.07) is 11.3. The highest BCUT2D eigenvalue weighted by molar-refractivity contribution is 6.31. The molecule has 0 N–H and O–H groups in total. The number of halogens is 3. The molecule has 1 aliphatic heterocycles. The summed E-state index contributed by atoms with van der Waals surface area (Å²) in [5, 5.41) is 4.57. The van der Waals surface area contributed by atoms with Crippen LogP contribution in [-0.4, -0.2) is 22.6 Å². The molecule has 5 nitrogen and oxygen atoms in total. The average molecular weight is 392 g/mol. The zero-order chi connectivity index (χ0) is 18.3. The van der Waals surface area contributed by atoms with Crippen LogP contribution in [0.4, 0.5) is 10.1 Å². The summed E-state index contributed by atoms with van der Waals surface area (Å²) in [7, 11) is 0. The van der Waals surface area contributed by atoms with E-state index in [2.05, 4.69) is 10.1 Å². The topological polar surface area (TPSA) is 59.2 Å². The average Bonchev–Trinajstić information content (AvgIpc) is 3.25. The Morgan fingerprint density at radius 2 is 1.92 bits per heavy atom. The Labute approximate surface area is 158 Å². The summed E-state index contributed by atoms with van der Waals surface area (Å²) >= 11 is 11.7. The molecular formula is C18H12Cl2FN3O2. The highest BCUT2D eigenvalue weighted by atomic mass is 35.5. The lowest BCUT2D eigenvalue weighted by molar-refractivity contribution is -0.117. The Hall–Kier alpha value is -2.44. The number of carbonyl (C=O) groups is 1. The summed E-state index contributed by atoms with van der Waals surface area (Å²) in [5.74, 6) is -0.0432. The van der Waals surface area contributed by atoms with Crippen LogP contribution >= 0.6 is 23.2 Å². The standard InChI is InChI=1S/C18H12Cl2FN3O2/c19-12-3-1-10(2-4-12)17-22-18(26-23-17)11-7-16(25)24(9-11)13-5-6-15(21)14(20)8-13/h1-6,8,11H,7,9H2. The van der Waals surface area contributed by atoms with E-state index in [9.17, 15) is 9.18 Å². The Balaban J connectivity index is 1.55. The molecule has 0 bridgehead atoms. The quantitative estimate of drug-likeness (QED) is 0.648. The van der Waals surface area contributed by atoms with Gasteiger partial charge in [-0.15, -0.1) is 0 Å². The smallest absolute Gasteiger partial charge is 0.232 e. The number of hydrogen-bond donors (Lipinski definition) is 0. The predicted octanol–water partition coefficient (Wildman–Crippen LogP) is 4.70. The van der Waals surface area contributed by atoms with Crippen molar-refractivity contribution < 1.29 is 13.7 Å². The molecule has 2 heterocycles. The summed E-state index contributed by atoms with van der Waals surface area (Å²) in [6.07, 6.45) is 0.233. The number of rotatable bonds is 3. The second-order valence-corrected chi connectivity index (χ2v) is 6.81. The third-order valence-electron chi connectivity index (χ3n) is 4.23. The molecule has 3 aromatic rings. The lowest BCUT2D eigenvalue weighted by atomic mass is 10.1. The zero-order valence-corrected chi connectivity index (χ0v) is 14.8. The molecule has 0 aliphatic carbocycles. The van der Waals surface area contributed by atoms with Gasteiger partial charge in [-0.1, -0.05) is 28.4 Å². The van der Waals surface area contributed by atoms with Crippen LogP contribution in [0.2, 0.25) is 10.0 Å². The molecular weight excluding hydrogens is 380 g/mol. The third kappa shape index (κ3) is 3.18. The van der Waals surface area contributed by atoms with Crippen LogP contribution in [0.25, 0.3) is 11.4 Å². The minimum absolute atomic E-state index is 0.0263. The van der Waals surface area contributed by atoms with Crippen molar-refractivity contribution in [2.24, 2.45) is 0 Å². The molecule has 4 rings (SSSR count). The minimum Gasteiger partial charge on any atom is -0.339 e.